The number of rotatable bonds is 5. The molecule has 0 saturated carbocycles. The zero-order valence-corrected chi connectivity index (χ0v) is 16.8. The van der Waals surface area contributed by atoms with E-state index in [1.54, 1.807) is 0 Å². The number of piperidine rings is 1. The van der Waals surface area contributed by atoms with Gasteiger partial charge in [-0.2, -0.15) is 0 Å². The van der Waals surface area contributed by atoms with Gasteiger partial charge in [0.15, 0.2) is 0 Å². The molecule has 1 aromatic heterocycles. The summed E-state index contributed by atoms with van der Waals surface area (Å²) in [5, 5.41) is 1.17. The van der Waals surface area contributed by atoms with E-state index in [9.17, 15) is 4.79 Å². The molecule has 0 unspecified atom stereocenters. The second-order valence-electron chi connectivity index (χ2n) is 7.83. The van der Waals surface area contributed by atoms with Gasteiger partial charge in [0.1, 0.15) is 0 Å². The minimum absolute atomic E-state index is 0.216. The Balaban J connectivity index is 1.49. The summed E-state index contributed by atoms with van der Waals surface area (Å²) in [6.45, 7) is 7.07. The van der Waals surface area contributed by atoms with Gasteiger partial charge < -0.3 is 9.88 Å². The van der Waals surface area contributed by atoms with E-state index in [1.165, 1.54) is 10.9 Å². The van der Waals surface area contributed by atoms with Crippen LogP contribution >= 0.6 is 0 Å². The Labute approximate surface area is 167 Å². The standard InChI is InChI=1S/C24H29N3O/c1-3-24(28)27(22-9-10-23-20(16-22)15-18(2)25-23)21-11-13-26(14-12-21)17-19-7-5-4-6-8-19/h4-10,15-16,21,25H,3,11-14,17H2,1-2H3. The van der Waals surface area contributed by atoms with Gasteiger partial charge in [-0.25, -0.2) is 0 Å². The Morgan fingerprint density at radius 1 is 1.11 bits per heavy atom. The van der Waals surface area contributed by atoms with Crippen molar-refractivity contribution < 1.29 is 4.79 Å². The summed E-state index contributed by atoms with van der Waals surface area (Å²) < 4.78 is 0. The van der Waals surface area contributed by atoms with Gasteiger partial charge in [-0.05, 0) is 49.6 Å². The van der Waals surface area contributed by atoms with Crippen LogP contribution in [0.5, 0.6) is 0 Å². The molecule has 2 heterocycles. The van der Waals surface area contributed by atoms with Crippen LogP contribution < -0.4 is 4.90 Å². The number of fused-ring (bicyclic) bond motifs is 1. The number of amides is 1. The lowest BCUT2D eigenvalue weighted by molar-refractivity contribution is -0.119. The predicted octanol–water partition coefficient (Wildman–Crippen LogP) is 4.88. The van der Waals surface area contributed by atoms with Crippen molar-refractivity contribution in [1.82, 2.24) is 9.88 Å². The van der Waals surface area contributed by atoms with Crippen molar-refractivity contribution in [2.45, 2.75) is 45.7 Å². The minimum Gasteiger partial charge on any atom is -0.359 e. The third kappa shape index (κ3) is 3.97. The molecule has 4 nitrogen and oxygen atoms in total. The normalized spacial score (nSPS) is 15.8. The average molecular weight is 376 g/mol. The molecule has 1 aliphatic rings. The number of aromatic amines is 1. The highest BCUT2D eigenvalue weighted by Crippen LogP contribution is 2.28. The van der Waals surface area contributed by atoms with Gasteiger partial charge in [-0.3, -0.25) is 9.69 Å². The van der Waals surface area contributed by atoms with Gasteiger partial charge >= 0.3 is 0 Å². The molecule has 2 aromatic carbocycles. The van der Waals surface area contributed by atoms with E-state index in [-0.39, 0.29) is 11.9 Å². The van der Waals surface area contributed by atoms with E-state index in [0.717, 1.165) is 49.4 Å². The number of aromatic nitrogens is 1. The van der Waals surface area contributed by atoms with Crippen LogP contribution in [0.1, 0.15) is 37.4 Å². The maximum atomic E-state index is 12.8. The summed E-state index contributed by atoms with van der Waals surface area (Å²) in [6.07, 6.45) is 2.57. The summed E-state index contributed by atoms with van der Waals surface area (Å²) in [7, 11) is 0. The molecule has 1 saturated heterocycles. The lowest BCUT2D eigenvalue weighted by Crippen LogP contribution is -2.47. The number of nitrogens with zero attached hydrogens (tertiary/aromatic N) is 2. The summed E-state index contributed by atoms with van der Waals surface area (Å²) in [6, 6.07) is 19.4. The number of carbonyl (C=O) groups is 1. The number of H-pyrrole nitrogens is 1. The molecule has 146 valence electrons. The third-order valence-corrected chi connectivity index (χ3v) is 5.76. The number of nitrogens with one attached hydrogen (secondary N) is 1. The molecule has 1 aliphatic heterocycles. The zero-order valence-electron chi connectivity index (χ0n) is 16.8. The second kappa shape index (κ2) is 8.19. The number of anilines is 1. The first-order valence-electron chi connectivity index (χ1n) is 10.3. The molecule has 1 amide bonds. The fraction of sp³-hybridized carbons (Fsp3) is 0.375. The largest absolute Gasteiger partial charge is 0.359 e. The topological polar surface area (TPSA) is 39.3 Å². The van der Waals surface area contributed by atoms with Crippen LogP contribution in [0.3, 0.4) is 0 Å². The molecular weight excluding hydrogens is 346 g/mol. The lowest BCUT2D eigenvalue weighted by Gasteiger charge is -2.38. The SMILES string of the molecule is CCC(=O)N(c1ccc2[nH]c(C)cc2c1)C1CCN(Cc2ccccc2)CC1. The van der Waals surface area contributed by atoms with Gasteiger partial charge in [0.2, 0.25) is 5.91 Å². The molecular formula is C24H29N3O. The van der Waals surface area contributed by atoms with E-state index < -0.39 is 0 Å². The van der Waals surface area contributed by atoms with Crippen molar-refractivity contribution in [3.8, 4) is 0 Å². The molecule has 3 aromatic rings. The highest BCUT2D eigenvalue weighted by Gasteiger charge is 2.28. The number of hydrogen-bond acceptors (Lipinski definition) is 2. The predicted molar refractivity (Wildman–Crippen MR) is 116 cm³/mol. The van der Waals surface area contributed by atoms with Crippen LogP contribution in [0.15, 0.2) is 54.6 Å². The average Bonchev–Trinajstić information content (AvgIpc) is 3.09. The molecule has 0 spiro atoms. The van der Waals surface area contributed by atoms with Crippen LogP contribution in [0.4, 0.5) is 5.69 Å². The summed E-state index contributed by atoms with van der Waals surface area (Å²) in [4.78, 5) is 20.8. The number of hydrogen-bond donors (Lipinski definition) is 1. The van der Waals surface area contributed by atoms with E-state index in [4.69, 9.17) is 0 Å². The third-order valence-electron chi connectivity index (χ3n) is 5.76. The Morgan fingerprint density at radius 3 is 2.57 bits per heavy atom. The molecule has 0 radical (unpaired) electrons. The molecule has 4 heteroatoms. The highest BCUT2D eigenvalue weighted by atomic mass is 16.2. The Kier molecular flexibility index (Phi) is 5.49. The van der Waals surface area contributed by atoms with Crippen molar-refractivity contribution in [1.29, 1.82) is 0 Å². The minimum atomic E-state index is 0.216. The first kappa shape index (κ1) is 18.8. The van der Waals surface area contributed by atoms with Crippen molar-refractivity contribution in [2.75, 3.05) is 18.0 Å². The van der Waals surface area contributed by atoms with Gasteiger partial charge in [0, 0.05) is 54.4 Å². The molecule has 0 atom stereocenters. The number of carbonyl (C=O) groups excluding carboxylic acids is 1. The van der Waals surface area contributed by atoms with Crippen molar-refractivity contribution >= 4 is 22.5 Å². The maximum absolute atomic E-state index is 12.8. The van der Waals surface area contributed by atoms with E-state index in [0.29, 0.717) is 6.42 Å². The first-order chi connectivity index (χ1) is 13.6. The van der Waals surface area contributed by atoms with Crippen LogP contribution in [0, 0.1) is 6.92 Å². The van der Waals surface area contributed by atoms with Crippen LogP contribution in [0.2, 0.25) is 0 Å². The zero-order chi connectivity index (χ0) is 19.5. The Hall–Kier alpha value is -2.59. The van der Waals surface area contributed by atoms with Gasteiger partial charge in [0.05, 0.1) is 0 Å². The number of aryl methyl sites for hydroxylation is 1. The van der Waals surface area contributed by atoms with E-state index in [1.807, 2.05) is 6.92 Å². The van der Waals surface area contributed by atoms with Crippen LogP contribution in [-0.2, 0) is 11.3 Å². The molecule has 0 bridgehead atoms. The molecule has 0 aliphatic carbocycles. The van der Waals surface area contributed by atoms with Gasteiger partial charge in [0.25, 0.3) is 0 Å². The summed E-state index contributed by atoms with van der Waals surface area (Å²) in [5.41, 5.74) is 4.66. The second-order valence-corrected chi connectivity index (χ2v) is 7.83. The fourth-order valence-corrected chi connectivity index (χ4v) is 4.32. The van der Waals surface area contributed by atoms with Gasteiger partial charge in [-0.1, -0.05) is 37.3 Å². The monoisotopic (exact) mass is 375 g/mol. The maximum Gasteiger partial charge on any atom is 0.226 e. The van der Waals surface area contributed by atoms with Crippen LogP contribution in [0.25, 0.3) is 10.9 Å². The Morgan fingerprint density at radius 2 is 1.86 bits per heavy atom. The smallest absolute Gasteiger partial charge is 0.226 e. The fourth-order valence-electron chi connectivity index (χ4n) is 4.32. The summed E-state index contributed by atoms with van der Waals surface area (Å²) in [5.74, 6) is 0.216. The quantitative estimate of drug-likeness (QED) is 0.690. The molecule has 4 rings (SSSR count). The molecule has 28 heavy (non-hydrogen) atoms. The van der Waals surface area contributed by atoms with Gasteiger partial charge in [-0.15, -0.1) is 0 Å². The first-order valence-corrected chi connectivity index (χ1v) is 10.3. The summed E-state index contributed by atoms with van der Waals surface area (Å²) >= 11 is 0. The highest BCUT2D eigenvalue weighted by molar-refractivity contribution is 5.96. The molecule has 1 fully saturated rings. The lowest BCUT2D eigenvalue weighted by atomic mass is 10.0. The van der Waals surface area contributed by atoms with Crippen molar-refractivity contribution in [3.05, 3.63) is 65.9 Å². The van der Waals surface area contributed by atoms with E-state index >= 15 is 0 Å². The Bertz CT molecular complexity index is 939. The molecule has 1 N–H and O–H groups in total. The van der Waals surface area contributed by atoms with E-state index in [2.05, 4.69) is 76.3 Å². The van der Waals surface area contributed by atoms with Crippen molar-refractivity contribution in [3.63, 3.8) is 0 Å². The number of likely N-dealkylation sites (tertiary alicyclic amines) is 1. The van der Waals surface area contributed by atoms with Crippen LogP contribution in [-0.4, -0.2) is 34.9 Å². The number of benzene rings is 2. The van der Waals surface area contributed by atoms with Crippen molar-refractivity contribution in [2.24, 2.45) is 0 Å².